The fraction of sp³-hybridized carbons (Fsp3) is 0.600. The van der Waals surface area contributed by atoms with Gasteiger partial charge in [0.25, 0.3) is 0 Å². The molecule has 0 radical (unpaired) electrons. The van der Waals surface area contributed by atoms with Crippen molar-refractivity contribution in [1.29, 1.82) is 0 Å². The van der Waals surface area contributed by atoms with Crippen LogP contribution >= 0.6 is 0 Å². The Bertz CT molecular complexity index is 362. The summed E-state index contributed by atoms with van der Waals surface area (Å²) >= 11 is 0. The highest BCUT2D eigenvalue weighted by atomic mass is 16.5. The average Bonchev–Trinajstić information content (AvgIpc) is 2.30. The summed E-state index contributed by atoms with van der Waals surface area (Å²) in [5, 5.41) is 3.45. The number of rotatable bonds is 3. The van der Waals surface area contributed by atoms with Crippen molar-refractivity contribution in [3.8, 4) is 5.75 Å². The van der Waals surface area contributed by atoms with E-state index >= 15 is 0 Å². The molecule has 2 atom stereocenters. The van der Waals surface area contributed by atoms with Crippen LogP contribution in [0, 0.1) is 5.92 Å². The molecule has 2 unspecified atom stereocenters. The maximum absolute atomic E-state index is 5.93. The Morgan fingerprint density at radius 3 is 2.76 bits per heavy atom. The first kappa shape index (κ1) is 12.4. The summed E-state index contributed by atoms with van der Waals surface area (Å²) < 4.78 is 5.93. The van der Waals surface area contributed by atoms with Crippen LogP contribution in [0.4, 0.5) is 0 Å². The van der Waals surface area contributed by atoms with Crippen molar-refractivity contribution in [3.63, 3.8) is 0 Å². The maximum Gasteiger partial charge on any atom is 0.123 e. The van der Waals surface area contributed by atoms with Crippen LogP contribution in [0.5, 0.6) is 5.75 Å². The van der Waals surface area contributed by atoms with Gasteiger partial charge in [-0.3, -0.25) is 0 Å². The molecule has 1 aliphatic heterocycles. The van der Waals surface area contributed by atoms with Crippen LogP contribution in [0.25, 0.3) is 0 Å². The number of hydrogen-bond donors (Lipinski definition) is 1. The maximum atomic E-state index is 5.93. The lowest BCUT2D eigenvalue weighted by molar-refractivity contribution is 0.234. The molecule has 0 aromatic heterocycles. The van der Waals surface area contributed by atoms with E-state index in [1.54, 1.807) is 0 Å². The molecule has 2 nitrogen and oxygen atoms in total. The van der Waals surface area contributed by atoms with Crippen LogP contribution < -0.4 is 10.1 Å². The van der Waals surface area contributed by atoms with Gasteiger partial charge in [-0.05, 0) is 56.8 Å². The minimum Gasteiger partial charge on any atom is -0.491 e. The van der Waals surface area contributed by atoms with Crippen molar-refractivity contribution in [1.82, 2.24) is 5.32 Å². The quantitative estimate of drug-likeness (QED) is 0.865. The second-order valence-electron chi connectivity index (χ2n) is 5.28. The molecule has 94 valence electrons. The summed E-state index contributed by atoms with van der Waals surface area (Å²) in [5.74, 6) is 2.38. The van der Waals surface area contributed by atoms with E-state index in [1.165, 1.54) is 12.0 Å². The van der Waals surface area contributed by atoms with Gasteiger partial charge < -0.3 is 10.1 Å². The molecule has 1 aromatic carbocycles. The number of benzene rings is 1. The highest BCUT2D eigenvalue weighted by molar-refractivity contribution is 5.37. The molecule has 1 heterocycles. The number of nitrogens with one attached hydrogen (secondary N) is 1. The molecule has 0 spiro atoms. The summed E-state index contributed by atoms with van der Waals surface area (Å²) in [7, 11) is 0. The molecule has 2 heteroatoms. The third-order valence-corrected chi connectivity index (χ3v) is 3.47. The fourth-order valence-electron chi connectivity index (χ4n) is 2.62. The number of ether oxygens (including phenoxy) is 1. The first-order valence-corrected chi connectivity index (χ1v) is 6.64. The molecular weight excluding hydrogens is 210 g/mol. The molecule has 17 heavy (non-hydrogen) atoms. The zero-order chi connectivity index (χ0) is 12.3. The third kappa shape index (κ3) is 3.01. The summed E-state index contributed by atoms with van der Waals surface area (Å²) in [6, 6.07) is 8.51. The monoisotopic (exact) mass is 233 g/mol. The van der Waals surface area contributed by atoms with E-state index in [1.807, 2.05) is 0 Å². The number of hydrogen-bond acceptors (Lipinski definition) is 2. The van der Waals surface area contributed by atoms with E-state index in [2.05, 4.69) is 50.4 Å². The molecular formula is C15H23NO. The van der Waals surface area contributed by atoms with Gasteiger partial charge in [0.15, 0.2) is 0 Å². The second-order valence-corrected chi connectivity index (χ2v) is 5.28. The SMILES string of the molecule is CC(C)Oc1ccccc1C1CCNCC1C. The van der Waals surface area contributed by atoms with Gasteiger partial charge in [-0.25, -0.2) is 0 Å². The van der Waals surface area contributed by atoms with Crippen molar-refractivity contribution in [2.75, 3.05) is 13.1 Å². The smallest absolute Gasteiger partial charge is 0.123 e. The van der Waals surface area contributed by atoms with Crippen LogP contribution in [0.3, 0.4) is 0 Å². The molecule has 2 rings (SSSR count). The lowest BCUT2D eigenvalue weighted by Crippen LogP contribution is -2.34. The predicted octanol–water partition coefficient (Wildman–Crippen LogP) is 3.19. The van der Waals surface area contributed by atoms with E-state index in [9.17, 15) is 0 Å². The summed E-state index contributed by atoms with van der Waals surface area (Å²) in [4.78, 5) is 0. The summed E-state index contributed by atoms with van der Waals surface area (Å²) in [6.45, 7) is 8.72. The zero-order valence-electron chi connectivity index (χ0n) is 11.1. The third-order valence-electron chi connectivity index (χ3n) is 3.47. The number of para-hydroxylation sites is 1. The Kier molecular flexibility index (Phi) is 4.06. The van der Waals surface area contributed by atoms with Crippen LogP contribution in [-0.2, 0) is 0 Å². The standard InChI is InChI=1S/C15H23NO/c1-11(2)17-15-7-5-4-6-14(15)13-8-9-16-10-12(13)3/h4-7,11-13,16H,8-10H2,1-3H3. The molecule has 1 aromatic rings. The lowest BCUT2D eigenvalue weighted by Gasteiger charge is -2.31. The van der Waals surface area contributed by atoms with Crippen molar-refractivity contribution < 1.29 is 4.74 Å². The Hall–Kier alpha value is -1.02. The van der Waals surface area contributed by atoms with E-state index in [0.717, 1.165) is 18.8 Å². The van der Waals surface area contributed by atoms with Crippen molar-refractivity contribution in [2.24, 2.45) is 5.92 Å². The van der Waals surface area contributed by atoms with Crippen LogP contribution in [0.2, 0.25) is 0 Å². The highest BCUT2D eigenvalue weighted by Crippen LogP contribution is 2.35. The summed E-state index contributed by atoms with van der Waals surface area (Å²) in [6.07, 6.45) is 1.45. The first-order valence-electron chi connectivity index (χ1n) is 6.64. The Labute approximate surface area is 104 Å². The van der Waals surface area contributed by atoms with Crippen LogP contribution in [0.1, 0.15) is 38.7 Å². The van der Waals surface area contributed by atoms with E-state index < -0.39 is 0 Å². The van der Waals surface area contributed by atoms with E-state index in [-0.39, 0.29) is 6.10 Å². The van der Waals surface area contributed by atoms with Gasteiger partial charge in [-0.15, -0.1) is 0 Å². The van der Waals surface area contributed by atoms with Gasteiger partial charge in [0, 0.05) is 0 Å². The van der Waals surface area contributed by atoms with Gasteiger partial charge in [-0.2, -0.15) is 0 Å². The molecule has 1 N–H and O–H groups in total. The Morgan fingerprint density at radius 2 is 2.06 bits per heavy atom. The molecule has 0 saturated carbocycles. The van der Waals surface area contributed by atoms with Crippen molar-refractivity contribution in [2.45, 2.75) is 39.2 Å². The minimum absolute atomic E-state index is 0.244. The van der Waals surface area contributed by atoms with Crippen LogP contribution in [-0.4, -0.2) is 19.2 Å². The minimum atomic E-state index is 0.244. The molecule has 0 bridgehead atoms. The molecule has 1 saturated heterocycles. The molecule has 1 aliphatic rings. The van der Waals surface area contributed by atoms with Crippen molar-refractivity contribution in [3.05, 3.63) is 29.8 Å². The van der Waals surface area contributed by atoms with Gasteiger partial charge in [-0.1, -0.05) is 25.1 Å². The predicted molar refractivity (Wildman–Crippen MR) is 71.6 cm³/mol. The zero-order valence-corrected chi connectivity index (χ0v) is 11.1. The largest absolute Gasteiger partial charge is 0.491 e. The average molecular weight is 233 g/mol. The van der Waals surface area contributed by atoms with Gasteiger partial charge in [0.05, 0.1) is 6.10 Å². The second kappa shape index (κ2) is 5.54. The van der Waals surface area contributed by atoms with Gasteiger partial charge in [0.1, 0.15) is 5.75 Å². The Balaban J connectivity index is 2.23. The molecule has 0 amide bonds. The van der Waals surface area contributed by atoms with Gasteiger partial charge >= 0.3 is 0 Å². The highest BCUT2D eigenvalue weighted by Gasteiger charge is 2.25. The van der Waals surface area contributed by atoms with Crippen LogP contribution in [0.15, 0.2) is 24.3 Å². The number of piperidine rings is 1. The summed E-state index contributed by atoms with van der Waals surface area (Å²) in [5.41, 5.74) is 1.38. The van der Waals surface area contributed by atoms with E-state index in [0.29, 0.717) is 11.8 Å². The van der Waals surface area contributed by atoms with Crippen molar-refractivity contribution >= 4 is 0 Å². The topological polar surface area (TPSA) is 21.3 Å². The molecule has 0 aliphatic carbocycles. The van der Waals surface area contributed by atoms with E-state index in [4.69, 9.17) is 4.74 Å². The Morgan fingerprint density at radius 1 is 1.29 bits per heavy atom. The molecule has 1 fully saturated rings. The lowest BCUT2D eigenvalue weighted by atomic mass is 9.82. The van der Waals surface area contributed by atoms with Gasteiger partial charge in [0.2, 0.25) is 0 Å². The normalized spacial score (nSPS) is 24.9. The first-order chi connectivity index (χ1) is 8.18. The fourth-order valence-corrected chi connectivity index (χ4v) is 2.62.